The summed E-state index contributed by atoms with van der Waals surface area (Å²) in [6.45, 7) is 8.30. The largest absolute Gasteiger partial charge is 0.393 e. The van der Waals surface area contributed by atoms with Gasteiger partial charge in [-0.05, 0) is 31.0 Å². The maximum absolute atomic E-state index is 12.5. The van der Waals surface area contributed by atoms with E-state index in [0.29, 0.717) is 22.4 Å². The number of nitrogens with zero attached hydrogens (tertiary/aromatic N) is 2. The van der Waals surface area contributed by atoms with Crippen LogP contribution in [0.1, 0.15) is 28.4 Å². The fourth-order valence-electron chi connectivity index (χ4n) is 2.64. The SMILES string of the molecule is [C-]#[N+]c1ccc(C[C@@H](C(=O)NCC(=O)c2ccc(C#N)cc2)[C@@H](C)O)cc1Cl. The van der Waals surface area contributed by atoms with Crippen molar-refractivity contribution < 1.29 is 14.7 Å². The third kappa shape index (κ3) is 5.40. The van der Waals surface area contributed by atoms with E-state index in [1.165, 1.54) is 31.2 Å². The van der Waals surface area contributed by atoms with E-state index in [1.54, 1.807) is 18.2 Å². The van der Waals surface area contributed by atoms with Crippen LogP contribution in [0.15, 0.2) is 42.5 Å². The smallest absolute Gasteiger partial charge is 0.226 e. The van der Waals surface area contributed by atoms with E-state index in [4.69, 9.17) is 23.4 Å². The summed E-state index contributed by atoms with van der Waals surface area (Å²) in [6.07, 6.45) is -0.726. The van der Waals surface area contributed by atoms with Crippen LogP contribution in [0.5, 0.6) is 0 Å². The standard InChI is InChI=1S/C21H18ClN3O3/c1-13(26)17(9-15-5-8-19(24-2)18(22)10-15)21(28)25-12-20(27)16-6-3-14(11-23)4-7-16/h3-8,10,13,17,26H,9,12H2,1H3,(H,25,28)/t13-,17-/m1/s1. The summed E-state index contributed by atoms with van der Waals surface area (Å²) < 4.78 is 0. The molecule has 0 radical (unpaired) electrons. The zero-order chi connectivity index (χ0) is 20.7. The number of carbonyl (C=O) groups is 2. The Morgan fingerprint density at radius 1 is 1.29 bits per heavy atom. The van der Waals surface area contributed by atoms with E-state index in [2.05, 4.69) is 10.2 Å². The second-order valence-corrected chi connectivity index (χ2v) is 6.69. The second-order valence-electron chi connectivity index (χ2n) is 6.28. The molecule has 142 valence electrons. The Balaban J connectivity index is 2.02. The van der Waals surface area contributed by atoms with E-state index < -0.39 is 17.9 Å². The van der Waals surface area contributed by atoms with Crippen LogP contribution in [0, 0.1) is 23.8 Å². The van der Waals surface area contributed by atoms with Gasteiger partial charge in [0.25, 0.3) is 0 Å². The Kier molecular flexibility index (Phi) is 7.28. The first-order chi connectivity index (χ1) is 13.3. The number of nitrogens with one attached hydrogen (secondary N) is 1. The second kappa shape index (κ2) is 9.66. The lowest BCUT2D eigenvalue weighted by atomic mass is 9.93. The number of aliphatic hydroxyl groups excluding tert-OH is 1. The molecule has 2 aromatic rings. The van der Waals surface area contributed by atoms with Crippen LogP contribution >= 0.6 is 11.6 Å². The molecule has 28 heavy (non-hydrogen) atoms. The zero-order valence-electron chi connectivity index (χ0n) is 15.1. The minimum Gasteiger partial charge on any atom is -0.393 e. The number of halogens is 1. The van der Waals surface area contributed by atoms with Crippen LogP contribution < -0.4 is 5.32 Å². The molecule has 2 rings (SSSR count). The number of hydrogen-bond donors (Lipinski definition) is 2. The van der Waals surface area contributed by atoms with Gasteiger partial charge >= 0.3 is 0 Å². The monoisotopic (exact) mass is 395 g/mol. The lowest BCUT2D eigenvalue weighted by Crippen LogP contribution is -2.40. The van der Waals surface area contributed by atoms with Crippen LogP contribution in [-0.4, -0.2) is 29.4 Å². The molecule has 0 unspecified atom stereocenters. The number of amides is 1. The van der Waals surface area contributed by atoms with Crippen molar-refractivity contribution in [2.45, 2.75) is 19.4 Å². The average Bonchev–Trinajstić information content (AvgIpc) is 2.69. The van der Waals surface area contributed by atoms with Crippen LogP contribution in [0.3, 0.4) is 0 Å². The van der Waals surface area contributed by atoms with Crippen molar-refractivity contribution in [1.29, 1.82) is 5.26 Å². The van der Waals surface area contributed by atoms with Gasteiger partial charge in [0.1, 0.15) is 0 Å². The fourth-order valence-corrected chi connectivity index (χ4v) is 2.88. The summed E-state index contributed by atoms with van der Waals surface area (Å²) in [4.78, 5) is 28.0. The lowest BCUT2D eigenvalue weighted by molar-refractivity contribution is -0.127. The molecule has 2 N–H and O–H groups in total. The third-order valence-electron chi connectivity index (χ3n) is 4.27. The molecule has 0 aliphatic carbocycles. The summed E-state index contributed by atoms with van der Waals surface area (Å²) in [5.74, 6) is -1.53. The van der Waals surface area contributed by atoms with E-state index in [1.807, 2.05) is 6.07 Å². The zero-order valence-corrected chi connectivity index (χ0v) is 15.9. The maximum Gasteiger partial charge on any atom is 0.226 e. The van der Waals surface area contributed by atoms with E-state index in [-0.39, 0.29) is 23.8 Å². The van der Waals surface area contributed by atoms with Crippen LogP contribution in [0.4, 0.5) is 5.69 Å². The Labute approximate surface area is 168 Å². The number of aliphatic hydroxyl groups is 1. The minimum atomic E-state index is -0.940. The van der Waals surface area contributed by atoms with Gasteiger partial charge < -0.3 is 10.4 Å². The highest BCUT2D eigenvalue weighted by molar-refractivity contribution is 6.33. The highest BCUT2D eigenvalue weighted by Gasteiger charge is 2.25. The highest BCUT2D eigenvalue weighted by Crippen LogP contribution is 2.27. The molecule has 0 aliphatic heterocycles. The Hall–Kier alpha value is -3.19. The van der Waals surface area contributed by atoms with E-state index in [0.717, 1.165) is 0 Å². The Morgan fingerprint density at radius 2 is 1.96 bits per heavy atom. The number of carbonyl (C=O) groups excluding carboxylic acids is 2. The average molecular weight is 396 g/mol. The van der Waals surface area contributed by atoms with Crippen molar-refractivity contribution in [3.63, 3.8) is 0 Å². The lowest BCUT2D eigenvalue weighted by Gasteiger charge is -2.19. The normalized spacial score (nSPS) is 12.3. The van der Waals surface area contributed by atoms with Crippen molar-refractivity contribution in [2.24, 2.45) is 5.92 Å². The molecule has 0 aliphatic rings. The van der Waals surface area contributed by atoms with Crippen molar-refractivity contribution in [3.8, 4) is 6.07 Å². The third-order valence-corrected chi connectivity index (χ3v) is 4.57. The molecular weight excluding hydrogens is 378 g/mol. The summed E-state index contributed by atoms with van der Waals surface area (Å²) in [7, 11) is 0. The van der Waals surface area contributed by atoms with Gasteiger partial charge in [0.2, 0.25) is 11.6 Å². The van der Waals surface area contributed by atoms with Crippen molar-refractivity contribution in [2.75, 3.05) is 6.54 Å². The van der Waals surface area contributed by atoms with Gasteiger partial charge in [-0.2, -0.15) is 5.26 Å². The number of rotatable bonds is 7. The van der Waals surface area contributed by atoms with Crippen LogP contribution in [0.2, 0.25) is 5.02 Å². The molecule has 0 bridgehead atoms. The first-order valence-corrected chi connectivity index (χ1v) is 8.88. The Bertz CT molecular complexity index is 956. The molecule has 2 aromatic carbocycles. The van der Waals surface area contributed by atoms with Gasteiger partial charge in [-0.1, -0.05) is 41.9 Å². The molecule has 2 atom stereocenters. The molecule has 6 nitrogen and oxygen atoms in total. The van der Waals surface area contributed by atoms with Gasteiger partial charge in [0, 0.05) is 10.6 Å². The van der Waals surface area contributed by atoms with Gasteiger partial charge in [0.15, 0.2) is 5.78 Å². The predicted molar refractivity (Wildman–Crippen MR) is 105 cm³/mol. The molecule has 0 saturated heterocycles. The van der Waals surface area contributed by atoms with E-state index >= 15 is 0 Å². The maximum atomic E-state index is 12.5. The predicted octanol–water partition coefficient (Wildman–Crippen LogP) is 3.30. The summed E-state index contributed by atoms with van der Waals surface area (Å²) in [5.41, 5.74) is 1.85. The van der Waals surface area contributed by atoms with Gasteiger partial charge in [0.05, 0.1) is 36.8 Å². The van der Waals surface area contributed by atoms with Crippen molar-refractivity contribution in [1.82, 2.24) is 5.32 Å². The molecule has 0 aromatic heterocycles. The van der Waals surface area contributed by atoms with Crippen molar-refractivity contribution in [3.05, 3.63) is 75.6 Å². The van der Waals surface area contributed by atoms with Gasteiger partial charge in [-0.25, -0.2) is 4.85 Å². The number of hydrogen-bond acceptors (Lipinski definition) is 4. The number of benzene rings is 2. The molecule has 0 fully saturated rings. The van der Waals surface area contributed by atoms with Crippen LogP contribution in [0.25, 0.3) is 4.85 Å². The first kappa shape index (κ1) is 21.1. The highest BCUT2D eigenvalue weighted by atomic mass is 35.5. The van der Waals surface area contributed by atoms with Gasteiger partial charge in [-0.15, -0.1) is 0 Å². The van der Waals surface area contributed by atoms with Crippen LogP contribution in [-0.2, 0) is 11.2 Å². The fraction of sp³-hybridized carbons (Fsp3) is 0.238. The number of Topliss-reactive ketones (excluding diaryl/α,β-unsaturated/α-hetero) is 1. The molecule has 7 heteroatoms. The summed E-state index contributed by atoms with van der Waals surface area (Å²) >= 11 is 6.02. The topological polar surface area (TPSA) is 94.5 Å². The molecular formula is C21H18ClN3O3. The molecule has 0 heterocycles. The number of ketones is 1. The van der Waals surface area contributed by atoms with Crippen molar-refractivity contribution >= 4 is 29.0 Å². The quantitative estimate of drug-likeness (QED) is 0.555. The summed E-state index contributed by atoms with van der Waals surface area (Å²) in [6, 6.07) is 12.9. The Morgan fingerprint density at radius 3 is 2.50 bits per heavy atom. The van der Waals surface area contributed by atoms with E-state index in [9.17, 15) is 14.7 Å². The summed E-state index contributed by atoms with van der Waals surface area (Å²) in [5, 5.41) is 21.6. The molecule has 1 amide bonds. The first-order valence-electron chi connectivity index (χ1n) is 8.50. The van der Waals surface area contributed by atoms with Gasteiger partial charge in [-0.3, -0.25) is 9.59 Å². The molecule has 0 saturated carbocycles. The molecule has 0 spiro atoms. The number of nitriles is 1. The minimum absolute atomic E-state index is 0.215.